The monoisotopic (exact) mass is 341 g/mol. The fourth-order valence-corrected chi connectivity index (χ4v) is 2.19. The number of aryl methyl sites for hydroxylation is 2. The Kier molecular flexibility index (Phi) is 5.84. The number of amides is 2. The highest BCUT2D eigenvalue weighted by Crippen LogP contribution is 2.13. The lowest BCUT2D eigenvalue weighted by molar-refractivity contribution is -0.143. The molecule has 1 aromatic carbocycles. The smallest absolute Gasteiger partial charge is 0.331 e. The molecule has 0 saturated carbocycles. The molecule has 130 valence electrons. The molecule has 0 aliphatic rings. The van der Waals surface area contributed by atoms with Gasteiger partial charge in [0, 0.05) is 29.9 Å². The number of hydrogen-bond acceptors (Lipinski definition) is 5. The number of hydrogen-bond donors (Lipinski definition) is 1. The van der Waals surface area contributed by atoms with E-state index in [-0.39, 0.29) is 0 Å². The van der Waals surface area contributed by atoms with Crippen molar-refractivity contribution >= 4 is 23.9 Å². The maximum atomic E-state index is 11.8. The van der Waals surface area contributed by atoms with Crippen LogP contribution in [0.1, 0.15) is 27.3 Å². The standard InChI is InChI=1S/C18H19N3O4/c1-12-15(13(2)21(3)20-12)9-10-17(23)25-11-16(22)19-18(24)14-7-5-4-6-8-14/h4-10H,11H2,1-3H3,(H,19,22,24)/b10-9+. The van der Waals surface area contributed by atoms with Crippen molar-refractivity contribution in [2.45, 2.75) is 13.8 Å². The molecule has 7 heteroatoms. The molecule has 0 saturated heterocycles. The summed E-state index contributed by atoms with van der Waals surface area (Å²) in [5.74, 6) is -1.91. The molecule has 1 N–H and O–H groups in total. The Labute approximate surface area is 145 Å². The quantitative estimate of drug-likeness (QED) is 0.658. The van der Waals surface area contributed by atoms with E-state index in [4.69, 9.17) is 4.74 Å². The third kappa shape index (κ3) is 4.87. The molecule has 0 atom stereocenters. The number of nitrogens with one attached hydrogen (secondary N) is 1. The first-order chi connectivity index (χ1) is 11.9. The number of rotatable bonds is 5. The van der Waals surface area contributed by atoms with Crippen LogP contribution >= 0.6 is 0 Å². The van der Waals surface area contributed by atoms with Gasteiger partial charge in [0.25, 0.3) is 11.8 Å². The van der Waals surface area contributed by atoms with E-state index in [0.29, 0.717) is 5.56 Å². The van der Waals surface area contributed by atoms with E-state index >= 15 is 0 Å². The lowest BCUT2D eigenvalue weighted by atomic mass is 10.2. The van der Waals surface area contributed by atoms with Crippen molar-refractivity contribution in [2.24, 2.45) is 7.05 Å². The summed E-state index contributed by atoms with van der Waals surface area (Å²) in [4.78, 5) is 35.2. The second kappa shape index (κ2) is 8.05. The van der Waals surface area contributed by atoms with Crippen LogP contribution in [0.15, 0.2) is 36.4 Å². The van der Waals surface area contributed by atoms with Gasteiger partial charge in [-0.1, -0.05) is 18.2 Å². The highest BCUT2D eigenvalue weighted by Gasteiger charge is 2.12. The first kappa shape index (κ1) is 18.1. The van der Waals surface area contributed by atoms with Gasteiger partial charge in [-0.15, -0.1) is 0 Å². The number of carbonyl (C=O) groups excluding carboxylic acids is 3. The van der Waals surface area contributed by atoms with Gasteiger partial charge in [0.05, 0.1) is 5.69 Å². The molecule has 2 aromatic rings. The van der Waals surface area contributed by atoms with E-state index in [2.05, 4.69) is 10.4 Å². The summed E-state index contributed by atoms with van der Waals surface area (Å²) in [6, 6.07) is 8.30. The number of ether oxygens (including phenoxy) is 1. The number of nitrogens with zero attached hydrogens (tertiary/aromatic N) is 2. The van der Waals surface area contributed by atoms with E-state index in [9.17, 15) is 14.4 Å². The minimum absolute atomic E-state index is 0.351. The van der Waals surface area contributed by atoms with Crippen molar-refractivity contribution in [2.75, 3.05) is 6.61 Å². The summed E-state index contributed by atoms with van der Waals surface area (Å²) in [6.07, 6.45) is 2.82. The van der Waals surface area contributed by atoms with Gasteiger partial charge in [-0.3, -0.25) is 19.6 Å². The molecule has 25 heavy (non-hydrogen) atoms. The molecule has 2 rings (SSSR count). The van der Waals surface area contributed by atoms with Crippen LogP contribution in [0.4, 0.5) is 0 Å². The first-order valence-electron chi connectivity index (χ1n) is 7.62. The Bertz CT molecular complexity index is 822. The average molecular weight is 341 g/mol. The van der Waals surface area contributed by atoms with Gasteiger partial charge in [0.1, 0.15) is 0 Å². The summed E-state index contributed by atoms with van der Waals surface area (Å²) in [5, 5.41) is 6.39. The van der Waals surface area contributed by atoms with Crippen molar-refractivity contribution in [3.05, 3.63) is 58.9 Å². The molecule has 7 nitrogen and oxygen atoms in total. The van der Waals surface area contributed by atoms with Crippen LogP contribution in [0.2, 0.25) is 0 Å². The molecule has 1 aromatic heterocycles. The minimum atomic E-state index is -0.690. The molecule has 0 unspecified atom stereocenters. The average Bonchev–Trinajstić information content (AvgIpc) is 2.84. The number of esters is 1. The second-order valence-corrected chi connectivity index (χ2v) is 5.39. The van der Waals surface area contributed by atoms with Gasteiger partial charge >= 0.3 is 5.97 Å². The van der Waals surface area contributed by atoms with Crippen molar-refractivity contribution in [3.8, 4) is 0 Å². The van der Waals surface area contributed by atoms with E-state index in [1.807, 2.05) is 20.9 Å². The zero-order valence-corrected chi connectivity index (χ0v) is 14.3. The van der Waals surface area contributed by atoms with Gasteiger partial charge < -0.3 is 4.74 Å². The van der Waals surface area contributed by atoms with Crippen LogP contribution in [0, 0.1) is 13.8 Å². The fourth-order valence-electron chi connectivity index (χ4n) is 2.19. The highest BCUT2D eigenvalue weighted by molar-refractivity contribution is 6.05. The van der Waals surface area contributed by atoms with Crippen molar-refractivity contribution in [3.63, 3.8) is 0 Å². The zero-order chi connectivity index (χ0) is 18.4. The molecule has 0 bridgehead atoms. The predicted octanol–water partition coefficient (Wildman–Crippen LogP) is 1.55. The Balaban J connectivity index is 1.84. The van der Waals surface area contributed by atoms with Crippen LogP contribution in [0.3, 0.4) is 0 Å². The van der Waals surface area contributed by atoms with Gasteiger partial charge in [-0.2, -0.15) is 5.10 Å². The highest BCUT2D eigenvalue weighted by atomic mass is 16.5. The molecule has 0 spiro atoms. The van der Waals surface area contributed by atoms with Gasteiger partial charge in [-0.25, -0.2) is 4.79 Å². The largest absolute Gasteiger partial charge is 0.452 e. The summed E-state index contributed by atoms with van der Waals surface area (Å²) in [5.41, 5.74) is 2.87. The number of imide groups is 1. The van der Waals surface area contributed by atoms with E-state index < -0.39 is 24.4 Å². The van der Waals surface area contributed by atoms with Crippen LogP contribution in [-0.4, -0.2) is 34.2 Å². The Morgan fingerprint density at radius 3 is 2.48 bits per heavy atom. The summed E-state index contributed by atoms with van der Waals surface area (Å²) >= 11 is 0. The van der Waals surface area contributed by atoms with Gasteiger partial charge in [-0.05, 0) is 32.1 Å². The molecular weight excluding hydrogens is 322 g/mol. The first-order valence-corrected chi connectivity index (χ1v) is 7.62. The molecule has 0 radical (unpaired) electrons. The summed E-state index contributed by atoms with van der Waals surface area (Å²) < 4.78 is 6.54. The van der Waals surface area contributed by atoms with Crippen molar-refractivity contribution in [1.82, 2.24) is 15.1 Å². The van der Waals surface area contributed by atoms with Crippen LogP contribution < -0.4 is 5.32 Å². The van der Waals surface area contributed by atoms with Crippen LogP contribution in [-0.2, 0) is 21.4 Å². The molecule has 1 heterocycles. The molecule has 0 aliphatic heterocycles. The predicted molar refractivity (Wildman–Crippen MR) is 91.6 cm³/mol. The van der Waals surface area contributed by atoms with Crippen molar-refractivity contribution in [1.29, 1.82) is 0 Å². The fraction of sp³-hybridized carbons (Fsp3) is 0.222. The zero-order valence-electron chi connectivity index (χ0n) is 14.3. The van der Waals surface area contributed by atoms with E-state index in [0.717, 1.165) is 17.0 Å². The SMILES string of the molecule is Cc1nn(C)c(C)c1/C=C/C(=O)OCC(=O)NC(=O)c1ccccc1. The van der Waals surface area contributed by atoms with Gasteiger partial charge in [0.2, 0.25) is 0 Å². The third-order valence-electron chi connectivity index (χ3n) is 3.59. The topological polar surface area (TPSA) is 90.3 Å². The summed E-state index contributed by atoms with van der Waals surface area (Å²) in [7, 11) is 1.81. The van der Waals surface area contributed by atoms with Crippen LogP contribution in [0.5, 0.6) is 0 Å². The Hall–Kier alpha value is -3.22. The lowest BCUT2D eigenvalue weighted by Gasteiger charge is -2.04. The number of aromatic nitrogens is 2. The number of benzene rings is 1. The van der Waals surface area contributed by atoms with Gasteiger partial charge in [0.15, 0.2) is 6.61 Å². The Morgan fingerprint density at radius 2 is 1.88 bits per heavy atom. The molecule has 0 aliphatic carbocycles. The minimum Gasteiger partial charge on any atom is -0.452 e. The molecule has 0 fully saturated rings. The lowest BCUT2D eigenvalue weighted by Crippen LogP contribution is -2.33. The molecule has 2 amide bonds. The number of carbonyl (C=O) groups is 3. The normalized spacial score (nSPS) is 10.7. The Morgan fingerprint density at radius 1 is 1.20 bits per heavy atom. The van der Waals surface area contributed by atoms with E-state index in [1.54, 1.807) is 41.1 Å². The maximum absolute atomic E-state index is 11.8. The summed E-state index contributed by atoms with van der Waals surface area (Å²) in [6.45, 7) is 3.18. The van der Waals surface area contributed by atoms with Crippen LogP contribution in [0.25, 0.3) is 6.08 Å². The maximum Gasteiger partial charge on any atom is 0.331 e. The van der Waals surface area contributed by atoms with Crippen molar-refractivity contribution < 1.29 is 19.1 Å². The van der Waals surface area contributed by atoms with E-state index in [1.165, 1.54) is 6.08 Å². The third-order valence-corrected chi connectivity index (χ3v) is 3.59. The second-order valence-electron chi connectivity index (χ2n) is 5.39. The molecular formula is C18H19N3O4.